The Morgan fingerprint density at radius 3 is 2.75 bits per heavy atom. The highest BCUT2D eigenvalue weighted by Crippen LogP contribution is 2.26. The lowest BCUT2D eigenvalue weighted by Crippen LogP contribution is -2.45. The van der Waals surface area contributed by atoms with Crippen LogP contribution < -0.4 is 10.6 Å². The summed E-state index contributed by atoms with van der Waals surface area (Å²) < 4.78 is 0. The molecule has 0 saturated heterocycles. The van der Waals surface area contributed by atoms with Crippen molar-refractivity contribution in [2.75, 3.05) is 25.6 Å². The summed E-state index contributed by atoms with van der Waals surface area (Å²) in [5.74, 6) is 3.16. The van der Waals surface area contributed by atoms with Gasteiger partial charge in [-0.1, -0.05) is 26.2 Å². The summed E-state index contributed by atoms with van der Waals surface area (Å²) in [6, 6.07) is 0.621. The molecule has 0 radical (unpaired) electrons. The molecule has 20 heavy (non-hydrogen) atoms. The summed E-state index contributed by atoms with van der Waals surface area (Å²) in [4.78, 5) is 4.34. The Morgan fingerprint density at radius 1 is 1.30 bits per heavy atom. The fourth-order valence-corrected chi connectivity index (χ4v) is 3.25. The molecule has 1 fully saturated rings. The van der Waals surface area contributed by atoms with Crippen LogP contribution in [0.3, 0.4) is 0 Å². The van der Waals surface area contributed by atoms with E-state index in [1.54, 1.807) is 0 Å². The Morgan fingerprint density at radius 2 is 2.10 bits per heavy atom. The van der Waals surface area contributed by atoms with Crippen LogP contribution >= 0.6 is 35.7 Å². The lowest BCUT2D eigenvalue weighted by atomic mass is 9.84. The number of guanidine groups is 1. The van der Waals surface area contributed by atoms with Gasteiger partial charge in [-0.3, -0.25) is 4.99 Å². The van der Waals surface area contributed by atoms with Crippen LogP contribution in [0.1, 0.15) is 51.9 Å². The van der Waals surface area contributed by atoms with Crippen molar-refractivity contribution in [1.29, 1.82) is 0 Å². The van der Waals surface area contributed by atoms with Crippen molar-refractivity contribution in [3.63, 3.8) is 0 Å². The van der Waals surface area contributed by atoms with Crippen molar-refractivity contribution < 1.29 is 0 Å². The molecule has 0 heterocycles. The van der Waals surface area contributed by atoms with Gasteiger partial charge in [-0.2, -0.15) is 11.8 Å². The second-order valence-corrected chi connectivity index (χ2v) is 6.47. The van der Waals surface area contributed by atoms with Gasteiger partial charge in [0.05, 0.1) is 0 Å². The summed E-state index contributed by atoms with van der Waals surface area (Å²) in [5, 5.41) is 7.03. The number of rotatable bonds is 7. The maximum atomic E-state index is 4.34. The molecule has 2 N–H and O–H groups in total. The molecule has 0 spiro atoms. The minimum absolute atomic E-state index is 0. The van der Waals surface area contributed by atoms with Crippen molar-refractivity contribution in [3.05, 3.63) is 0 Å². The van der Waals surface area contributed by atoms with Gasteiger partial charge >= 0.3 is 0 Å². The molecule has 120 valence electrons. The average molecular weight is 413 g/mol. The third-order valence-corrected chi connectivity index (χ3v) is 4.69. The molecule has 0 aromatic heterocycles. The van der Waals surface area contributed by atoms with Crippen LogP contribution in [0.15, 0.2) is 4.99 Å². The summed E-state index contributed by atoms with van der Waals surface area (Å²) in [5.41, 5.74) is 0. The Hall–Kier alpha value is 0.350. The van der Waals surface area contributed by atoms with Crippen molar-refractivity contribution in [3.8, 4) is 0 Å². The second-order valence-electron chi connectivity index (χ2n) is 5.48. The third kappa shape index (κ3) is 8.60. The highest BCUT2D eigenvalue weighted by molar-refractivity contribution is 14.0. The van der Waals surface area contributed by atoms with Gasteiger partial charge in [0.15, 0.2) is 5.96 Å². The van der Waals surface area contributed by atoms with E-state index < -0.39 is 0 Å². The van der Waals surface area contributed by atoms with Crippen molar-refractivity contribution in [2.24, 2.45) is 10.9 Å². The largest absolute Gasteiger partial charge is 0.356 e. The number of unbranched alkanes of at least 4 members (excludes halogenated alkanes) is 1. The zero-order valence-corrected chi connectivity index (χ0v) is 16.4. The minimum atomic E-state index is 0. The van der Waals surface area contributed by atoms with Crippen LogP contribution in [-0.4, -0.2) is 37.6 Å². The molecular formula is C15H32IN3S. The topological polar surface area (TPSA) is 36.4 Å². The highest BCUT2D eigenvalue weighted by Gasteiger charge is 2.21. The maximum absolute atomic E-state index is 4.34. The fourth-order valence-electron chi connectivity index (χ4n) is 2.76. The number of nitrogens with zero attached hydrogens (tertiary/aromatic N) is 1. The molecule has 1 saturated carbocycles. The standard InChI is InChI=1S/C15H31N3S.HI/c1-4-13-8-7-9-14(12-13)18-15(16-2)17-10-5-6-11-19-3;/h13-14H,4-12H2,1-3H3,(H2,16,17,18);1H. The van der Waals surface area contributed by atoms with E-state index >= 15 is 0 Å². The SMILES string of the molecule is CCC1CCCC(NC(=NC)NCCCCSC)C1.I. The minimum Gasteiger partial charge on any atom is -0.356 e. The van der Waals surface area contributed by atoms with E-state index in [0.29, 0.717) is 6.04 Å². The molecule has 3 nitrogen and oxygen atoms in total. The van der Waals surface area contributed by atoms with E-state index in [9.17, 15) is 0 Å². The molecular weight excluding hydrogens is 381 g/mol. The third-order valence-electron chi connectivity index (χ3n) is 3.99. The molecule has 2 unspecified atom stereocenters. The van der Waals surface area contributed by atoms with Gasteiger partial charge in [0.2, 0.25) is 0 Å². The van der Waals surface area contributed by atoms with Gasteiger partial charge in [-0.15, -0.1) is 24.0 Å². The quantitative estimate of drug-likeness (QED) is 0.288. The Balaban J connectivity index is 0.00000361. The number of hydrogen-bond acceptors (Lipinski definition) is 2. The van der Waals surface area contributed by atoms with Crippen LogP contribution in [0.2, 0.25) is 0 Å². The van der Waals surface area contributed by atoms with Gasteiger partial charge in [0.25, 0.3) is 0 Å². The summed E-state index contributed by atoms with van der Waals surface area (Å²) in [6.45, 7) is 3.34. The number of halogens is 1. The normalized spacial score (nSPS) is 23.1. The zero-order chi connectivity index (χ0) is 13.9. The smallest absolute Gasteiger partial charge is 0.191 e. The molecule has 0 aromatic carbocycles. The van der Waals surface area contributed by atoms with E-state index in [-0.39, 0.29) is 24.0 Å². The van der Waals surface area contributed by atoms with Crippen LogP contribution in [0.5, 0.6) is 0 Å². The van der Waals surface area contributed by atoms with Crippen molar-refractivity contribution in [1.82, 2.24) is 10.6 Å². The van der Waals surface area contributed by atoms with E-state index in [1.165, 1.54) is 50.7 Å². The molecule has 5 heteroatoms. The predicted octanol–water partition coefficient (Wildman–Crippen LogP) is 3.88. The van der Waals surface area contributed by atoms with Crippen LogP contribution in [0.4, 0.5) is 0 Å². The molecule has 0 amide bonds. The van der Waals surface area contributed by atoms with E-state index in [4.69, 9.17) is 0 Å². The Labute approximate surface area is 146 Å². The van der Waals surface area contributed by atoms with Gasteiger partial charge in [0.1, 0.15) is 0 Å². The van der Waals surface area contributed by atoms with Crippen LogP contribution in [0, 0.1) is 5.92 Å². The number of nitrogens with one attached hydrogen (secondary N) is 2. The predicted molar refractivity (Wildman–Crippen MR) is 104 cm³/mol. The second kappa shape index (κ2) is 13.0. The average Bonchev–Trinajstić information content (AvgIpc) is 2.46. The summed E-state index contributed by atoms with van der Waals surface area (Å²) >= 11 is 1.92. The zero-order valence-electron chi connectivity index (χ0n) is 13.3. The number of hydrogen-bond donors (Lipinski definition) is 2. The highest BCUT2D eigenvalue weighted by atomic mass is 127. The lowest BCUT2D eigenvalue weighted by molar-refractivity contribution is 0.298. The van der Waals surface area contributed by atoms with Gasteiger partial charge < -0.3 is 10.6 Å². The van der Waals surface area contributed by atoms with Crippen LogP contribution in [-0.2, 0) is 0 Å². The monoisotopic (exact) mass is 413 g/mol. The van der Waals surface area contributed by atoms with E-state index in [1.807, 2.05) is 18.8 Å². The Bertz CT molecular complexity index is 262. The van der Waals surface area contributed by atoms with Gasteiger partial charge in [-0.05, 0) is 43.6 Å². The summed E-state index contributed by atoms with van der Waals surface area (Å²) in [6.07, 6.45) is 11.4. The van der Waals surface area contributed by atoms with Gasteiger partial charge in [-0.25, -0.2) is 0 Å². The Kier molecular flexibility index (Phi) is 13.3. The summed E-state index contributed by atoms with van der Waals surface area (Å²) in [7, 11) is 1.87. The van der Waals surface area contributed by atoms with Crippen molar-refractivity contribution in [2.45, 2.75) is 57.9 Å². The molecule has 0 aromatic rings. The fraction of sp³-hybridized carbons (Fsp3) is 0.933. The number of aliphatic imine (C=N–C) groups is 1. The molecule has 2 atom stereocenters. The first-order valence-electron chi connectivity index (χ1n) is 7.76. The van der Waals surface area contributed by atoms with E-state index in [0.717, 1.165) is 18.4 Å². The number of thioether (sulfide) groups is 1. The first-order valence-corrected chi connectivity index (χ1v) is 9.15. The van der Waals surface area contributed by atoms with E-state index in [2.05, 4.69) is 28.8 Å². The molecule has 0 bridgehead atoms. The molecule has 0 aliphatic heterocycles. The van der Waals surface area contributed by atoms with Gasteiger partial charge in [0, 0.05) is 19.6 Å². The molecule has 1 aliphatic rings. The first kappa shape index (κ1) is 20.3. The van der Waals surface area contributed by atoms with Crippen LogP contribution in [0.25, 0.3) is 0 Å². The lowest BCUT2D eigenvalue weighted by Gasteiger charge is -2.30. The first-order chi connectivity index (χ1) is 9.30. The molecule has 1 rings (SSSR count). The van der Waals surface area contributed by atoms with Crippen molar-refractivity contribution >= 4 is 41.7 Å². The molecule has 1 aliphatic carbocycles. The maximum Gasteiger partial charge on any atom is 0.191 e.